The average molecular weight is 553 g/mol. The van der Waals surface area contributed by atoms with Crippen LogP contribution in [0.3, 0.4) is 0 Å². The summed E-state index contributed by atoms with van der Waals surface area (Å²) in [6, 6.07) is 45.3. The lowest BCUT2D eigenvalue weighted by Gasteiger charge is -2.21. The van der Waals surface area contributed by atoms with E-state index in [2.05, 4.69) is 140 Å². The summed E-state index contributed by atoms with van der Waals surface area (Å²) in [6.07, 6.45) is 2.09. The third-order valence-corrected chi connectivity index (χ3v) is 9.25. The van der Waals surface area contributed by atoms with E-state index in [-0.39, 0.29) is 5.41 Å². The van der Waals surface area contributed by atoms with Gasteiger partial charge in [0.1, 0.15) is 16.8 Å². The molecule has 0 radical (unpaired) electrons. The predicted octanol–water partition coefficient (Wildman–Crippen LogP) is 10.5. The fourth-order valence-electron chi connectivity index (χ4n) is 7.10. The first-order valence-electron chi connectivity index (χ1n) is 14.8. The van der Waals surface area contributed by atoms with Crippen molar-refractivity contribution in [1.82, 2.24) is 9.38 Å². The maximum atomic E-state index is 6.68. The van der Waals surface area contributed by atoms with Crippen LogP contribution in [0.25, 0.3) is 72.4 Å². The van der Waals surface area contributed by atoms with Gasteiger partial charge in [-0.25, -0.2) is 4.98 Å². The normalized spacial score (nSPS) is 13.5. The summed E-state index contributed by atoms with van der Waals surface area (Å²) in [5.74, 6) is 0. The zero-order valence-corrected chi connectivity index (χ0v) is 24.0. The van der Waals surface area contributed by atoms with Crippen molar-refractivity contribution in [2.75, 3.05) is 0 Å². The second kappa shape index (κ2) is 8.80. The van der Waals surface area contributed by atoms with Crippen molar-refractivity contribution in [3.8, 4) is 44.8 Å². The van der Waals surface area contributed by atoms with Gasteiger partial charge in [0.25, 0.3) is 0 Å². The Morgan fingerprint density at radius 1 is 0.581 bits per heavy atom. The van der Waals surface area contributed by atoms with E-state index in [4.69, 9.17) is 9.40 Å². The fraction of sp³-hybridized carbons (Fsp3) is 0.0750. The molecule has 5 aromatic carbocycles. The molecule has 3 aromatic heterocycles. The molecule has 1 aliphatic carbocycles. The van der Waals surface area contributed by atoms with Crippen molar-refractivity contribution in [3.05, 3.63) is 145 Å². The second-order valence-electron chi connectivity index (χ2n) is 12.0. The van der Waals surface area contributed by atoms with Crippen LogP contribution in [-0.2, 0) is 5.41 Å². The van der Waals surface area contributed by atoms with Crippen LogP contribution in [0.15, 0.2) is 138 Å². The molecular weight excluding hydrogens is 524 g/mol. The average Bonchev–Trinajstić information content (AvgIpc) is 3.69. The van der Waals surface area contributed by atoms with Crippen LogP contribution in [0.1, 0.15) is 25.0 Å². The monoisotopic (exact) mass is 552 g/mol. The molecule has 43 heavy (non-hydrogen) atoms. The summed E-state index contributed by atoms with van der Waals surface area (Å²) in [7, 11) is 0. The van der Waals surface area contributed by atoms with E-state index in [0.717, 1.165) is 61.2 Å². The Labute approximate surface area is 249 Å². The third kappa shape index (κ3) is 3.45. The summed E-state index contributed by atoms with van der Waals surface area (Å²) in [4.78, 5) is 5.00. The largest absolute Gasteiger partial charge is 0.455 e. The van der Waals surface area contributed by atoms with E-state index in [0.29, 0.717) is 0 Å². The molecule has 0 bridgehead atoms. The molecule has 204 valence electrons. The SMILES string of the molecule is CC1(C)c2ccccc2-c2cc3c(cc21)oc1c(-c2ccc(-c4c(-c5ccccc5)nc5ccccn45)cc2)cccc13. The van der Waals surface area contributed by atoms with E-state index < -0.39 is 0 Å². The lowest BCUT2D eigenvalue weighted by molar-refractivity contribution is 0.648. The molecule has 3 heteroatoms. The number of aromatic nitrogens is 2. The standard InChI is InChI=1S/C40H28N2O/c1-40(2)33-16-7-6-13-29(33)31-23-32-30-15-10-14-28(39(30)43-35(32)24-34(31)40)25-18-20-27(21-19-25)38-37(26-11-4-3-5-12-26)41-36-17-8-9-22-42(36)38/h3-24H,1-2H3. The number of rotatable bonds is 3. The number of nitrogens with zero attached hydrogens (tertiary/aromatic N) is 2. The molecule has 0 saturated carbocycles. The number of para-hydroxylation sites is 1. The Morgan fingerprint density at radius 3 is 2.19 bits per heavy atom. The molecule has 3 heterocycles. The number of furan rings is 1. The van der Waals surface area contributed by atoms with Crippen LogP contribution in [0.2, 0.25) is 0 Å². The van der Waals surface area contributed by atoms with E-state index in [1.54, 1.807) is 0 Å². The number of imidazole rings is 1. The van der Waals surface area contributed by atoms with Gasteiger partial charge in [-0.15, -0.1) is 0 Å². The number of hydrogen-bond acceptors (Lipinski definition) is 2. The zero-order chi connectivity index (χ0) is 28.7. The highest BCUT2D eigenvalue weighted by Gasteiger charge is 2.36. The Bertz CT molecular complexity index is 2360. The highest BCUT2D eigenvalue weighted by molar-refractivity contribution is 6.11. The maximum Gasteiger partial charge on any atom is 0.143 e. The minimum atomic E-state index is -0.0613. The van der Waals surface area contributed by atoms with Gasteiger partial charge in [0.15, 0.2) is 0 Å². The molecule has 1 aliphatic rings. The molecule has 0 fully saturated rings. The minimum Gasteiger partial charge on any atom is -0.455 e. The third-order valence-electron chi connectivity index (χ3n) is 9.25. The van der Waals surface area contributed by atoms with Crippen LogP contribution in [0.4, 0.5) is 0 Å². The molecule has 0 N–H and O–H groups in total. The molecule has 0 aliphatic heterocycles. The van der Waals surface area contributed by atoms with E-state index in [9.17, 15) is 0 Å². The van der Waals surface area contributed by atoms with Crippen LogP contribution in [0.5, 0.6) is 0 Å². The molecule has 9 rings (SSSR count). The van der Waals surface area contributed by atoms with E-state index in [1.165, 1.54) is 22.3 Å². The predicted molar refractivity (Wildman–Crippen MR) is 176 cm³/mol. The number of benzene rings is 5. The smallest absolute Gasteiger partial charge is 0.143 e. The molecule has 0 spiro atoms. The molecule has 0 amide bonds. The highest BCUT2D eigenvalue weighted by atomic mass is 16.3. The van der Waals surface area contributed by atoms with Crippen molar-refractivity contribution in [1.29, 1.82) is 0 Å². The van der Waals surface area contributed by atoms with Crippen molar-refractivity contribution < 1.29 is 4.42 Å². The van der Waals surface area contributed by atoms with Crippen LogP contribution in [-0.4, -0.2) is 9.38 Å². The quantitative estimate of drug-likeness (QED) is 0.218. The topological polar surface area (TPSA) is 30.4 Å². The zero-order valence-electron chi connectivity index (χ0n) is 24.0. The number of hydrogen-bond donors (Lipinski definition) is 0. The van der Waals surface area contributed by atoms with Crippen LogP contribution >= 0.6 is 0 Å². The van der Waals surface area contributed by atoms with Gasteiger partial charge in [-0.1, -0.05) is 117 Å². The van der Waals surface area contributed by atoms with Gasteiger partial charge in [-0.2, -0.15) is 0 Å². The summed E-state index contributed by atoms with van der Waals surface area (Å²) < 4.78 is 8.86. The summed E-state index contributed by atoms with van der Waals surface area (Å²) in [5, 5.41) is 2.31. The van der Waals surface area contributed by atoms with Gasteiger partial charge in [-0.3, -0.25) is 4.40 Å². The molecular formula is C40H28N2O. The Kier molecular flexibility index (Phi) is 4.95. The minimum absolute atomic E-state index is 0.0613. The molecule has 3 nitrogen and oxygen atoms in total. The summed E-state index contributed by atoms with van der Waals surface area (Å²) in [5.41, 5.74) is 14.6. The first-order valence-corrected chi connectivity index (χ1v) is 14.8. The Hall–Kier alpha value is -5.41. The molecule has 8 aromatic rings. The highest BCUT2D eigenvalue weighted by Crippen LogP contribution is 2.51. The lowest BCUT2D eigenvalue weighted by Crippen LogP contribution is -2.14. The lowest BCUT2D eigenvalue weighted by atomic mass is 9.82. The van der Waals surface area contributed by atoms with Crippen molar-refractivity contribution in [3.63, 3.8) is 0 Å². The summed E-state index contributed by atoms with van der Waals surface area (Å²) >= 11 is 0. The summed E-state index contributed by atoms with van der Waals surface area (Å²) in [6.45, 7) is 4.62. The van der Waals surface area contributed by atoms with Gasteiger partial charge in [0.05, 0.1) is 11.4 Å². The first-order chi connectivity index (χ1) is 21.1. The van der Waals surface area contributed by atoms with Gasteiger partial charge in [0.2, 0.25) is 0 Å². The van der Waals surface area contributed by atoms with E-state index in [1.807, 2.05) is 12.1 Å². The fourth-order valence-corrected chi connectivity index (χ4v) is 7.10. The second-order valence-corrected chi connectivity index (χ2v) is 12.0. The molecule has 0 atom stereocenters. The van der Waals surface area contributed by atoms with Crippen LogP contribution < -0.4 is 0 Å². The van der Waals surface area contributed by atoms with E-state index >= 15 is 0 Å². The first kappa shape index (κ1) is 24.2. The number of pyridine rings is 1. The van der Waals surface area contributed by atoms with Crippen molar-refractivity contribution in [2.45, 2.75) is 19.3 Å². The van der Waals surface area contributed by atoms with Gasteiger partial charge < -0.3 is 4.42 Å². The van der Waals surface area contributed by atoms with Gasteiger partial charge in [-0.05, 0) is 52.1 Å². The maximum absolute atomic E-state index is 6.68. The molecule has 0 saturated heterocycles. The van der Waals surface area contributed by atoms with Crippen molar-refractivity contribution in [2.24, 2.45) is 0 Å². The van der Waals surface area contributed by atoms with Crippen LogP contribution in [0, 0.1) is 0 Å². The van der Waals surface area contributed by atoms with Crippen molar-refractivity contribution >= 4 is 27.6 Å². The Morgan fingerprint density at radius 2 is 1.33 bits per heavy atom. The number of fused-ring (bicyclic) bond motifs is 7. The Balaban J connectivity index is 1.18. The molecule has 0 unspecified atom stereocenters. The van der Waals surface area contributed by atoms with Gasteiger partial charge in [0, 0.05) is 39.1 Å². The van der Waals surface area contributed by atoms with Gasteiger partial charge >= 0.3 is 0 Å².